The van der Waals surface area contributed by atoms with Crippen molar-refractivity contribution in [1.29, 1.82) is 5.26 Å². The standard InChI is InChI=1S/C23H24N4O3S/c1-14-11-15(2)21(16(3)12-14)31(28,29)30-22-20(17(4)26-23(25)27-22)13-19-7-5-18(6-8-19)9-10-24/h5-8,11-12H,9,13H2,1-4H3,(H2,25,26,27). The first-order valence-corrected chi connectivity index (χ1v) is 11.1. The number of nitrogens with two attached hydrogens (primary N) is 1. The highest BCUT2D eigenvalue weighted by atomic mass is 32.2. The molecule has 160 valence electrons. The Bertz CT molecular complexity index is 1250. The molecular formula is C23H24N4O3S. The Hall–Kier alpha value is -3.44. The van der Waals surface area contributed by atoms with Crippen LogP contribution in [0.15, 0.2) is 41.3 Å². The van der Waals surface area contributed by atoms with Gasteiger partial charge in [-0.2, -0.15) is 18.7 Å². The molecule has 3 aromatic rings. The molecule has 3 rings (SSSR count). The summed E-state index contributed by atoms with van der Waals surface area (Å²) < 4.78 is 31.8. The van der Waals surface area contributed by atoms with Crippen LogP contribution in [0.2, 0.25) is 0 Å². The van der Waals surface area contributed by atoms with E-state index in [1.54, 1.807) is 32.9 Å². The SMILES string of the molecule is Cc1cc(C)c(S(=O)(=O)Oc2nc(N)nc(C)c2Cc2ccc(CC#N)cc2)c(C)c1. The van der Waals surface area contributed by atoms with Crippen LogP contribution in [-0.4, -0.2) is 18.4 Å². The lowest BCUT2D eigenvalue weighted by molar-refractivity contribution is 0.471. The third kappa shape index (κ3) is 5.01. The van der Waals surface area contributed by atoms with E-state index in [-0.39, 0.29) is 16.7 Å². The van der Waals surface area contributed by atoms with Crippen LogP contribution < -0.4 is 9.92 Å². The van der Waals surface area contributed by atoms with E-state index in [1.165, 1.54) is 0 Å². The fourth-order valence-electron chi connectivity index (χ4n) is 3.64. The van der Waals surface area contributed by atoms with E-state index in [4.69, 9.17) is 15.2 Å². The number of nitrogens with zero attached hydrogens (tertiary/aromatic N) is 3. The summed E-state index contributed by atoms with van der Waals surface area (Å²) in [5.74, 6) is -0.140. The molecule has 0 aliphatic rings. The molecule has 8 heteroatoms. The lowest BCUT2D eigenvalue weighted by atomic mass is 10.0. The minimum Gasteiger partial charge on any atom is -0.368 e. The van der Waals surface area contributed by atoms with E-state index in [2.05, 4.69) is 16.0 Å². The molecule has 0 fully saturated rings. The molecule has 1 aromatic heterocycles. The minimum atomic E-state index is -4.14. The minimum absolute atomic E-state index is 0.0619. The Morgan fingerprint density at radius 2 is 1.58 bits per heavy atom. The van der Waals surface area contributed by atoms with Crippen LogP contribution in [-0.2, 0) is 23.0 Å². The normalized spacial score (nSPS) is 11.2. The van der Waals surface area contributed by atoms with Gasteiger partial charge in [0.25, 0.3) is 0 Å². The Labute approximate surface area is 182 Å². The Kier molecular flexibility index (Phi) is 6.27. The average Bonchev–Trinajstić information content (AvgIpc) is 2.64. The molecule has 0 unspecified atom stereocenters. The highest BCUT2D eigenvalue weighted by Crippen LogP contribution is 2.29. The van der Waals surface area contributed by atoms with E-state index in [0.717, 1.165) is 16.7 Å². The summed E-state index contributed by atoms with van der Waals surface area (Å²) >= 11 is 0. The molecule has 0 amide bonds. The summed E-state index contributed by atoms with van der Waals surface area (Å²) in [5.41, 5.74) is 10.8. The number of hydrogen-bond acceptors (Lipinski definition) is 7. The molecule has 1 heterocycles. The summed E-state index contributed by atoms with van der Waals surface area (Å²) in [6, 6.07) is 13.2. The van der Waals surface area contributed by atoms with Crippen molar-refractivity contribution in [2.75, 3.05) is 5.73 Å². The van der Waals surface area contributed by atoms with Crippen molar-refractivity contribution in [2.45, 2.75) is 45.4 Å². The molecule has 0 atom stereocenters. The number of aryl methyl sites for hydroxylation is 4. The zero-order valence-corrected chi connectivity index (χ0v) is 18.7. The van der Waals surface area contributed by atoms with Gasteiger partial charge >= 0.3 is 10.1 Å². The van der Waals surface area contributed by atoms with Gasteiger partial charge in [-0.15, -0.1) is 0 Å². The Morgan fingerprint density at radius 1 is 1.00 bits per heavy atom. The van der Waals surface area contributed by atoms with Crippen LogP contribution in [0.5, 0.6) is 5.88 Å². The highest BCUT2D eigenvalue weighted by Gasteiger charge is 2.25. The fourth-order valence-corrected chi connectivity index (χ4v) is 4.98. The van der Waals surface area contributed by atoms with Crippen molar-refractivity contribution in [3.05, 3.63) is 75.5 Å². The summed E-state index contributed by atoms with van der Waals surface area (Å²) in [6.07, 6.45) is 0.682. The second-order valence-corrected chi connectivity index (χ2v) is 9.03. The second kappa shape index (κ2) is 8.74. The third-order valence-corrected chi connectivity index (χ3v) is 6.44. The molecule has 0 bridgehead atoms. The molecule has 31 heavy (non-hydrogen) atoms. The van der Waals surface area contributed by atoms with Gasteiger partial charge in [-0.1, -0.05) is 42.0 Å². The van der Waals surface area contributed by atoms with Crippen LogP contribution in [0.3, 0.4) is 0 Å². The molecular weight excluding hydrogens is 412 g/mol. The predicted octanol–water partition coefficient (Wildman–Crippen LogP) is 3.72. The quantitative estimate of drug-likeness (QED) is 0.585. The molecule has 0 radical (unpaired) electrons. The number of benzene rings is 2. The van der Waals surface area contributed by atoms with Gasteiger partial charge in [-0.25, -0.2) is 4.98 Å². The number of rotatable bonds is 6. The third-order valence-electron chi connectivity index (χ3n) is 4.92. The molecule has 7 nitrogen and oxygen atoms in total. The molecule has 0 spiro atoms. The molecule has 2 N–H and O–H groups in total. The topological polar surface area (TPSA) is 119 Å². The van der Waals surface area contributed by atoms with Crippen LogP contribution in [0.4, 0.5) is 5.95 Å². The summed E-state index contributed by atoms with van der Waals surface area (Å²) in [7, 11) is -4.14. The number of hydrogen-bond donors (Lipinski definition) is 1. The smallest absolute Gasteiger partial charge is 0.341 e. The zero-order valence-electron chi connectivity index (χ0n) is 17.9. The first-order valence-electron chi connectivity index (χ1n) is 9.71. The second-order valence-electron chi connectivity index (χ2n) is 7.54. The Morgan fingerprint density at radius 3 is 2.16 bits per heavy atom. The van der Waals surface area contributed by atoms with Gasteiger partial charge in [0.2, 0.25) is 11.8 Å². The summed E-state index contributed by atoms with van der Waals surface area (Å²) in [4.78, 5) is 8.39. The van der Waals surface area contributed by atoms with Crippen LogP contribution in [0, 0.1) is 39.0 Å². The molecule has 0 saturated heterocycles. The van der Waals surface area contributed by atoms with Crippen molar-refractivity contribution in [3.63, 3.8) is 0 Å². The van der Waals surface area contributed by atoms with Gasteiger partial charge in [0, 0.05) is 12.0 Å². The number of nitrogen functional groups attached to an aromatic ring is 1. The van der Waals surface area contributed by atoms with Gasteiger partial charge in [0.05, 0.1) is 18.2 Å². The maximum absolute atomic E-state index is 13.1. The molecule has 0 aliphatic heterocycles. The maximum atomic E-state index is 13.1. The lowest BCUT2D eigenvalue weighted by Crippen LogP contribution is -2.16. The van der Waals surface area contributed by atoms with Crippen molar-refractivity contribution in [3.8, 4) is 11.9 Å². The van der Waals surface area contributed by atoms with Gasteiger partial charge < -0.3 is 9.92 Å². The van der Waals surface area contributed by atoms with Crippen LogP contribution in [0.1, 0.15) is 39.1 Å². The van der Waals surface area contributed by atoms with Gasteiger partial charge in [-0.05, 0) is 49.9 Å². The maximum Gasteiger partial charge on any atom is 0.341 e. The first kappa shape index (κ1) is 22.2. The molecule has 2 aromatic carbocycles. The van der Waals surface area contributed by atoms with Crippen molar-refractivity contribution in [1.82, 2.24) is 9.97 Å². The molecule has 0 aliphatic carbocycles. The highest BCUT2D eigenvalue weighted by molar-refractivity contribution is 7.87. The van der Waals surface area contributed by atoms with E-state index in [0.29, 0.717) is 35.2 Å². The number of nitriles is 1. The average molecular weight is 437 g/mol. The molecule has 0 saturated carbocycles. The van der Waals surface area contributed by atoms with Crippen molar-refractivity contribution in [2.24, 2.45) is 0 Å². The van der Waals surface area contributed by atoms with Gasteiger partial charge in [0.1, 0.15) is 4.90 Å². The van der Waals surface area contributed by atoms with Crippen molar-refractivity contribution < 1.29 is 12.6 Å². The summed E-state index contributed by atoms with van der Waals surface area (Å²) in [6.45, 7) is 7.12. The van der Waals surface area contributed by atoms with E-state index >= 15 is 0 Å². The summed E-state index contributed by atoms with van der Waals surface area (Å²) in [5, 5.41) is 8.83. The van der Waals surface area contributed by atoms with E-state index < -0.39 is 10.1 Å². The first-order chi connectivity index (χ1) is 14.6. The fraction of sp³-hybridized carbons (Fsp3) is 0.261. The predicted molar refractivity (Wildman–Crippen MR) is 118 cm³/mol. The van der Waals surface area contributed by atoms with Crippen LogP contribution >= 0.6 is 0 Å². The Balaban J connectivity index is 2.01. The largest absolute Gasteiger partial charge is 0.368 e. The number of anilines is 1. The van der Waals surface area contributed by atoms with Gasteiger partial charge in [0.15, 0.2) is 0 Å². The zero-order chi connectivity index (χ0) is 22.8. The number of aromatic nitrogens is 2. The lowest BCUT2D eigenvalue weighted by Gasteiger charge is -2.16. The van der Waals surface area contributed by atoms with E-state index in [9.17, 15) is 8.42 Å². The van der Waals surface area contributed by atoms with E-state index in [1.807, 2.05) is 31.2 Å². The monoisotopic (exact) mass is 436 g/mol. The van der Waals surface area contributed by atoms with Gasteiger partial charge in [-0.3, -0.25) is 0 Å². The van der Waals surface area contributed by atoms with Crippen molar-refractivity contribution >= 4 is 16.1 Å². The van der Waals surface area contributed by atoms with Crippen LogP contribution in [0.25, 0.3) is 0 Å².